The highest BCUT2D eigenvalue weighted by atomic mass is 16.5. The summed E-state index contributed by atoms with van der Waals surface area (Å²) >= 11 is 0. The zero-order chi connectivity index (χ0) is 20.5. The normalized spacial score (nSPS) is 20.8. The molecule has 9 heteroatoms. The van der Waals surface area contributed by atoms with Crippen LogP contribution in [0.25, 0.3) is 10.9 Å². The first kappa shape index (κ1) is 19.2. The van der Waals surface area contributed by atoms with Crippen molar-refractivity contribution in [3.05, 3.63) is 46.0 Å². The zero-order valence-electron chi connectivity index (χ0n) is 17.1. The topological polar surface area (TPSA) is 98.2 Å². The number of methoxy groups -OCH3 is 1. The van der Waals surface area contributed by atoms with Crippen molar-refractivity contribution in [1.82, 2.24) is 30.1 Å². The summed E-state index contributed by atoms with van der Waals surface area (Å²) in [5.74, 6) is 1.45. The molecule has 3 aromatic rings. The Bertz CT molecular complexity index is 1080. The highest BCUT2D eigenvalue weighted by Crippen LogP contribution is 2.30. The summed E-state index contributed by atoms with van der Waals surface area (Å²) < 4.78 is 13.0. The van der Waals surface area contributed by atoms with E-state index >= 15 is 0 Å². The van der Waals surface area contributed by atoms with Gasteiger partial charge < -0.3 is 14.5 Å². The van der Waals surface area contributed by atoms with Crippen LogP contribution in [0.3, 0.4) is 0 Å². The number of fused-ring (bicyclic) bond motifs is 1. The minimum absolute atomic E-state index is 0.115. The Kier molecular flexibility index (Phi) is 5.22. The van der Waals surface area contributed by atoms with Gasteiger partial charge in [-0.05, 0) is 73.5 Å². The van der Waals surface area contributed by atoms with E-state index in [-0.39, 0.29) is 17.7 Å². The van der Waals surface area contributed by atoms with E-state index in [0.717, 1.165) is 62.0 Å². The van der Waals surface area contributed by atoms with Crippen molar-refractivity contribution >= 4 is 10.9 Å². The highest BCUT2D eigenvalue weighted by Gasteiger charge is 2.32. The Labute approximate surface area is 174 Å². The van der Waals surface area contributed by atoms with Crippen molar-refractivity contribution in [3.63, 3.8) is 0 Å². The Balaban J connectivity index is 1.59. The number of nitrogens with one attached hydrogen (secondary N) is 1. The van der Waals surface area contributed by atoms with Crippen molar-refractivity contribution in [2.24, 2.45) is 0 Å². The molecule has 2 unspecified atom stereocenters. The van der Waals surface area contributed by atoms with E-state index in [2.05, 4.69) is 25.4 Å². The van der Waals surface area contributed by atoms with Gasteiger partial charge in [-0.25, -0.2) is 4.68 Å². The molecule has 2 saturated heterocycles. The van der Waals surface area contributed by atoms with Gasteiger partial charge in [-0.1, -0.05) is 0 Å². The zero-order valence-corrected chi connectivity index (χ0v) is 17.1. The molecule has 2 aliphatic rings. The van der Waals surface area contributed by atoms with Gasteiger partial charge in [-0.15, -0.1) is 5.10 Å². The van der Waals surface area contributed by atoms with E-state index in [4.69, 9.17) is 9.47 Å². The van der Waals surface area contributed by atoms with E-state index in [1.807, 2.05) is 28.9 Å². The molecule has 0 radical (unpaired) electrons. The highest BCUT2D eigenvalue weighted by molar-refractivity contribution is 5.80. The van der Waals surface area contributed by atoms with E-state index in [0.29, 0.717) is 17.9 Å². The van der Waals surface area contributed by atoms with E-state index in [9.17, 15) is 4.79 Å². The summed E-state index contributed by atoms with van der Waals surface area (Å²) in [5.41, 5.74) is 1.32. The Morgan fingerprint density at radius 1 is 1.27 bits per heavy atom. The van der Waals surface area contributed by atoms with E-state index in [1.165, 1.54) is 0 Å². The van der Waals surface area contributed by atoms with Crippen LogP contribution in [0.1, 0.15) is 43.1 Å². The number of rotatable bonds is 6. The van der Waals surface area contributed by atoms with Crippen molar-refractivity contribution < 1.29 is 9.47 Å². The molecule has 30 heavy (non-hydrogen) atoms. The summed E-state index contributed by atoms with van der Waals surface area (Å²) in [6.45, 7) is 3.20. The van der Waals surface area contributed by atoms with Crippen LogP contribution in [-0.4, -0.2) is 63.0 Å². The van der Waals surface area contributed by atoms with Gasteiger partial charge in [0.15, 0.2) is 5.82 Å². The molecule has 0 spiro atoms. The predicted octanol–water partition coefficient (Wildman–Crippen LogP) is 1.89. The fourth-order valence-corrected chi connectivity index (χ4v) is 4.55. The van der Waals surface area contributed by atoms with E-state index in [1.54, 1.807) is 7.11 Å². The Morgan fingerprint density at radius 2 is 2.13 bits per heavy atom. The van der Waals surface area contributed by atoms with Gasteiger partial charge in [-0.2, -0.15) is 0 Å². The lowest BCUT2D eigenvalue weighted by molar-refractivity contribution is 0.0912. The fourth-order valence-electron chi connectivity index (χ4n) is 4.55. The number of hydrogen-bond donors (Lipinski definition) is 1. The number of likely N-dealkylation sites (tertiary alicyclic amines) is 1. The molecule has 2 fully saturated rings. The maximum atomic E-state index is 13.1. The minimum Gasteiger partial charge on any atom is -0.497 e. The maximum Gasteiger partial charge on any atom is 0.253 e. The third-order valence-corrected chi connectivity index (χ3v) is 6.09. The third-order valence-electron chi connectivity index (χ3n) is 6.09. The lowest BCUT2D eigenvalue weighted by atomic mass is 10.0. The van der Waals surface area contributed by atoms with Crippen LogP contribution in [0.2, 0.25) is 0 Å². The average molecular weight is 410 g/mol. The summed E-state index contributed by atoms with van der Waals surface area (Å²) in [6, 6.07) is 7.29. The van der Waals surface area contributed by atoms with Gasteiger partial charge in [0.05, 0.1) is 19.8 Å². The molecule has 9 nitrogen and oxygen atoms in total. The van der Waals surface area contributed by atoms with E-state index < -0.39 is 0 Å². The van der Waals surface area contributed by atoms with Crippen LogP contribution in [0.5, 0.6) is 5.75 Å². The number of tetrazole rings is 1. The molecule has 0 saturated carbocycles. The van der Waals surface area contributed by atoms with Crippen LogP contribution in [-0.2, 0) is 11.3 Å². The lowest BCUT2D eigenvalue weighted by Crippen LogP contribution is -2.34. The molecule has 1 aromatic carbocycles. The van der Waals surface area contributed by atoms with Crippen molar-refractivity contribution in [3.8, 4) is 5.75 Å². The molecule has 0 amide bonds. The molecule has 1 N–H and O–H groups in total. The molecule has 4 heterocycles. The average Bonchev–Trinajstić information content (AvgIpc) is 3.53. The lowest BCUT2D eigenvalue weighted by Gasteiger charge is -2.27. The largest absolute Gasteiger partial charge is 0.497 e. The molecule has 2 aromatic heterocycles. The molecule has 0 aliphatic carbocycles. The first-order valence-electron chi connectivity index (χ1n) is 10.6. The summed E-state index contributed by atoms with van der Waals surface area (Å²) in [7, 11) is 1.64. The summed E-state index contributed by atoms with van der Waals surface area (Å²) in [6.07, 6.45) is 4.38. The maximum absolute atomic E-state index is 13.1. The predicted molar refractivity (Wildman–Crippen MR) is 111 cm³/mol. The molecule has 2 aliphatic heterocycles. The second-order valence-electron chi connectivity index (χ2n) is 8.01. The molecule has 2 atom stereocenters. The summed E-state index contributed by atoms with van der Waals surface area (Å²) in [5, 5.41) is 13.5. The van der Waals surface area contributed by atoms with Crippen LogP contribution in [0.4, 0.5) is 0 Å². The number of hydrogen-bond acceptors (Lipinski definition) is 7. The monoisotopic (exact) mass is 410 g/mol. The number of benzene rings is 1. The smallest absolute Gasteiger partial charge is 0.253 e. The molecule has 158 valence electrons. The number of H-pyrrole nitrogens is 1. The SMILES string of the molecule is COc1ccc2[nH]c(=O)c(C(c3nnnn3CC3CCCO3)N3CCCC3)cc2c1. The first-order valence-corrected chi connectivity index (χ1v) is 10.6. The van der Waals surface area contributed by atoms with Gasteiger partial charge in [0.2, 0.25) is 0 Å². The van der Waals surface area contributed by atoms with Crippen molar-refractivity contribution in [1.29, 1.82) is 0 Å². The van der Waals surface area contributed by atoms with Crippen LogP contribution >= 0.6 is 0 Å². The third kappa shape index (κ3) is 3.59. The van der Waals surface area contributed by atoms with Gasteiger partial charge in [-0.3, -0.25) is 9.69 Å². The summed E-state index contributed by atoms with van der Waals surface area (Å²) in [4.78, 5) is 18.4. The Hall–Kier alpha value is -2.78. The quantitative estimate of drug-likeness (QED) is 0.663. The molecule has 0 bridgehead atoms. The molecule has 5 rings (SSSR count). The van der Waals surface area contributed by atoms with Crippen LogP contribution in [0.15, 0.2) is 29.1 Å². The second-order valence-corrected chi connectivity index (χ2v) is 8.01. The fraction of sp³-hybridized carbons (Fsp3) is 0.524. The van der Waals surface area contributed by atoms with Gasteiger partial charge in [0.1, 0.15) is 11.8 Å². The minimum atomic E-state index is -0.303. The number of aromatic amines is 1. The van der Waals surface area contributed by atoms with Gasteiger partial charge in [0.25, 0.3) is 5.56 Å². The van der Waals surface area contributed by atoms with Gasteiger partial charge >= 0.3 is 0 Å². The Morgan fingerprint density at radius 3 is 2.90 bits per heavy atom. The number of aromatic nitrogens is 5. The molecular weight excluding hydrogens is 384 g/mol. The van der Waals surface area contributed by atoms with Gasteiger partial charge in [0, 0.05) is 23.1 Å². The number of pyridine rings is 1. The molecular formula is C21H26N6O3. The van der Waals surface area contributed by atoms with Crippen LogP contribution in [0, 0.1) is 0 Å². The standard InChI is InChI=1S/C21H26N6O3/c1-29-15-6-7-18-14(11-15)12-17(21(28)22-18)19(26-8-2-3-9-26)20-23-24-25-27(20)13-16-5-4-10-30-16/h6-7,11-12,16,19H,2-5,8-10,13H2,1H3,(H,22,28). The number of nitrogens with zero attached hydrogens (tertiary/aromatic N) is 5. The second kappa shape index (κ2) is 8.16. The van der Waals surface area contributed by atoms with Crippen LogP contribution < -0.4 is 10.3 Å². The van der Waals surface area contributed by atoms with Crippen molar-refractivity contribution in [2.75, 3.05) is 26.8 Å². The van der Waals surface area contributed by atoms with Crippen molar-refractivity contribution in [2.45, 2.75) is 44.4 Å². The first-order chi connectivity index (χ1) is 14.7. The number of ether oxygens (including phenoxy) is 2.